The number of carbonyl (C=O) groups is 2. The first-order valence-electron chi connectivity index (χ1n) is 9.69. The van der Waals surface area contributed by atoms with E-state index in [-0.39, 0.29) is 11.8 Å². The fraction of sp³-hybridized carbons (Fsp3) is 0.304. The Morgan fingerprint density at radius 3 is 2.64 bits per heavy atom. The highest BCUT2D eigenvalue weighted by molar-refractivity contribution is 6.14. The van der Waals surface area contributed by atoms with Crippen LogP contribution in [-0.4, -0.2) is 22.9 Å². The molecule has 2 heterocycles. The lowest BCUT2D eigenvalue weighted by Gasteiger charge is -2.18. The lowest BCUT2D eigenvalue weighted by atomic mass is 10.1. The molecule has 1 aliphatic heterocycles. The maximum absolute atomic E-state index is 13.2. The van der Waals surface area contributed by atoms with E-state index in [1.807, 2.05) is 61.9 Å². The highest BCUT2D eigenvalue weighted by Gasteiger charge is 2.31. The molecule has 1 N–H and O–H groups in total. The average Bonchev–Trinajstić information content (AvgIpc) is 3.21. The molecule has 0 atom stereocenters. The smallest absolute Gasteiger partial charge is 0.270 e. The highest BCUT2D eigenvalue weighted by atomic mass is 16.2. The molecule has 3 aromatic rings. The Balaban J connectivity index is 1.77. The number of amides is 2. The van der Waals surface area contributed by atoms with E-state index in [4.69, 9.17) is 0 Å². The predicted molar refractivity (Wildman–Crippen MR) is 112 cm³/mol. The van der Waals surface area contributed by atoms with E-state index in [1.165, 1.54) is 0 Å². The molecule has 4 rings (SSSR count). The molecule has 1 saturated heterocycles. The number of hydrogen-bond acceptors (Lipinski definition) is 2. The minimum Gasteiger partial charge on any atom is -0.347 e. The van der Waals surface area contributed by atoms with E-state index in [1.54, 1.807) is 4.90 Å². The Labute approximate surface area is 165 Å². The first-order chi connectivity index (χ1) is 13.5. The van der Waals surface area contributed by atoms with Crippen molar-refractivity contribution in [3.8, 4) is 0 Å². The summed E-state index contributed by atoms with van der Waals surface area (Å²) in [6.07, 6.45) is 1.36. The summed E-state index contributed by atoms with van der Waals surface area (Å²) in [4.78, 5) is 27.5. The lowest BCUT2D eigenvalue weighted by Crippen LogP contribution is -2.30. The molecular weight excluding hydrogens is 350 g/mol. The van der Waals surface area contributed by atoms with Gasteiger partial charge in [-0.1, -0.05) is 35.9 Å². The van der Waals surface area contributed by atoms with Crippen LogP contribution in [0.15, 0.2) is 42.5 Å². The summed E-state index contributed by atoms with van der Waals surface area (Å²) < 4.78 is 1.91. The van der Waals surface area contributed by atoms with Crippen molar-refractivity contribution < 1.29 is 9.59 Å². The number of hydrogen-bond donors (Lipinski definition) is 1. The Kier molecular flexibility index (Phi) is 4.67. The van der Waals surface area contributed by atoms with Gasteiger partial charge in [-0.05, 0) is 43.5 Å². The van der Waals surface area contributed by atoms with Gasteiger partial charge in [0.05, 0.1) is 11.2 Å². The molecule has 1 aliphatic rings. The molecule has 0 aliphatic carbocycles. The summed E-state index contributed by atoms with van der Waals surface area (Å²) in [7, 11) is 1.89. The quantitative estimate of drug-likeness (QED) is 0.753. The van der Waals surface area contributed by atoms with Crippen LogP contribution in [0.25, 0.3) is 10.9 Å². The summed E-state index contributed by atoms with van der Waals surface area (Å²) in [5, 5.41) is 4.01. The number of fused-ring (bicyclic) bond motifs is 1. The van der Waals surface area contributed by atoms with Crippen molar-refractivity contribution in [1.82, 2.24) is 9.88 Å². The molecule has 0 radical (unpaired) electrons. The number of aryl methyl sites for hydroxylation is 3. The van der Waals surface area contributed by atoms with Crippen molar-refractivity contribution in [3.05, 3.63) is 64.8 Å². The summed E-state index contributed by atoms with van der Waals surface area (Å²) in [5.41, 5.74) is 5.59. The zero-order valence-corrected chi connectivity index (χ0v) is 16.6. The van der Waals surface area contributed by atoms with Crippen LogP contribution in [0.4, 0.5) is 5.69 Å². The van der Waals surface area contributed by atoms with Crippen LogP contribution >= 0.6 is 0 Å². The molecule has 28 heavy (non-hydrogen) atoms. The van der Waals surface area contributed by atoms with E-state index in [0.717, 1.165) is 39.7 Å². The van der Waals surface area contributed by atoms with E-state index in [2.05, 4.69) is 11.4 Å². The van der Waals surface area contributed by atoms with Gasteiger partial charge in [0.1, 0.15) is 5.69 Å². The van der Waals surface area contributed by atoms with Gasteiger partial charge in [0.15, 0.2) is 0 Å². The van der Waals surface area contributed by atoms with E-state index in [9.17, 15) is 9.59 Å². The topological polar surface area (TPSA) is 54.3 Å². The van der Waals surface area contributed by atoms with Crippen molar-refractivity contribution in [2.24, 2.45) is 7.05 Å². The van der Waals surface area contributed by atoms with Crippen LogP contribution in [0.5, 0.6) is 0 Å². The molecule has 5 nitrogen and oxygen atoms in total. The van der Waals surface area contributed by atoms with Gasteiger partial charge in [0, 0.05) is 31.9 Å². The fourth-order valence-corrected chi connectivity index (χ4v) is 4.02. The van der Waals surface area contributed by atoms with Crippen molar-refractivity contribution in [2.75, 3.05) is 11.4 Å². The Morgan fingerprint density at radius 2 is 1.93 bits per heavy atom. The molecule has 1 aromatic heterocycles. The van der Waals surface area contributed by atoms with Crippen molar-refractivity contribution in [2.45, 2.75) is 33.2 Å². The molecule has 0 spiro atoms. The normalized spacial score (nSPS) is 14.1. The molecule has 1 fully saturated rings. The average molecular weight is 375 g/mol. The van der Waals surface area contributed by atoms with Crippen molar-refractivity contribution in [3.63, 3.8) is 0 Å². The largest absolute Gasteiger partial charge is 0.347 e. The van der Waals surface area contributed by atoms with Gasteiger partial charge in [-0.15, -0.1) is 0 Å². The second kappa shape index (κ2) is 7.15. The Hall–Kier alpha value is -3.08. The zero-order valence-electron chi connectivity index (χ0n) is 16.6. The van der Waals surface area contributed by atoms with E-state index in [0.29, 0.717) is 25.2 Å². The predicted octanol–water partition coefficient (Wildman–Crippen LogP) is 3.85. The summed E-state index contributed by atoms with van der Waals surface area (Å²) >= 11 is 0. The number of anilines is 1. The van der Waals surface area contributed by atoms with Crippen LogP contribution in [0.1, 0.15) is 40.0 Å². The molecule has 0 bridgehead atoms. The first-order valence-corrected chi connectivity index (χ1v) is 9.69. The third-order valence-corrected chi connectivity index (χ3v) is 5.59. The van der Waals surface area contributed by atoms with Crippen LogP contribution in [0.3, 0.4) is 0 Å². The van der Waals surface area contributed by atoms with Gasteiger partial charge >= 0.3 is 0 Å². The first kappa shape index (κ1) is 18.3. The number of aromatic nitrogens is 1. The van der Waals surface area contributed by atoms with Gasteiger partial charge in [-0.2, -0.15) is 0 Å². The Bertz CT molecular complexity index is 1080. The number of rotatable bonds is 4. The summed E-state index contributed by atoms with van der Waals surface area (Å²) in [6.45, 7) is 5.18. The van der Waals surface area contributed by atoms with Crippen molar-refractivity contribution in [1.29, 1.82) is 0 Å². The molecule has 0 unspecified atom stereocenters. The van der Waals surface area contributed by atoms with E-state index >= 15 is 0 Å². The van der Waals surface area contributed by atoms with Crippen LogP contribution in [0.2, 0.25) is 0 Å². The third-order valence-electron chi connectivity index (χ3n) is 5.59. The lowest BCUT2D eigenvalue weighted by molar-refractivity contribution is -0.117. The number of nitrogens with zero attached hydrogens (tertiary/aromatic N) is 2. The van der Waals surface area contributed by atoms with Crippen molar-refractivity contribution >= 4 is 28.4 Å². The maximum Gasteiger partial charge on any atom is 0.270 e. The fourth-order valence-electron chi connectivity index (χ4n) is 4.02. The number of nitrogens with one attached hydrogen (secondary N) is 1. The van der Waals surface area contributed by atoms with Gasteiger partial charge in [-0.25, -0.2) is 0 Å². The standard InChI is InChI=1S/C23H25N3O2/c1-15-10-11-19-18(13-15)21(26-12-6-9-20(26)27)22(25(19)3)23(28)24-14-17-8-5-4-7-16(17)2/h4-5,7-8,10-11,13H,6,9,12,14H2,1-3H3,(H,24,28). The van der Waals surface area contributed by atoms with Gasteiger partial charge in [-0.3, -0.25) is 9.59 Å². The van der Waals surface area contributed by atoms with Gasteiger partial charge in [0.25, 0.3) is 5.91 Å². The molecular formula is C23H25N3O2. The molecule has 144 valence electrons. The third kappa shape index (κ3) is 3.07. The number of carbonyl (C=O) groups excluding carboxylic acids is 2. The van der Waals surface area contributed by atoms with Crippen LogP contribution < -0.4 is 10.2 Å². The Morgan fingerprint density at radius 1 is 1.14 bits per heavy atom. The summed E-state index contributed by atoms with van der Waals surface area (Å²) in [5.74, 6) is -0.0729. The second-order valence-electron chi connectivity index (χ2n) is 7.53. The molecule has 5 heteroatoms. The maximum atomic E-state index is 13.2. The molecule has 2 aromatic carbocycles. The minimum atomic E-state index is -0.158. The van der Waals surface area contributed by atoms with Gasteiger partial charge < -0.3 is 14.8 Å². The van der Waals surface area contributed by atoms with Gasteiger partial charge in [0.2, 0.25) is 5.91 Å². The van der Waals surface area contributed by atoms with Crippen LogP contribution in [-0.2, 0) is 18.4 Å². The van der Waals surface area contributed by atoms with Crippen LogP contribution in [0, 0.1) is 13.8 Å². The SMILES string of the molecule is Cc1ccc2c(c1)c(N1CCCC1=O)c(C(=O)NCc1ccccc1C)n2C. The molecule has 0 saturated carbocycles. The highest BCUT2D eigenvalue weighted by Crippen LogP contribution is 2.36. The monoisotopic (exact) mass is 375 g/mol. The zero-order chi connectivity index (χ0) is 19.8. The minimum absolute atomic E-state index is 0.0851. The van der Waals surface area contributed by atoms with E-state index < -0.39 is 0 Å². The summed E-state index contributed by atoms with van der Waals surface area (Å²) in [6, 6.07) is 14.1. The second-order valence-corrected chi connectivity index (χ2v) is 7.53. The number of benzene rings is 2. The molecule has 2 amide bonds.